The number of aromatic nitrogens is 4. The van der Waals surface area contributed by atoms with Gasteiger partial charge in [0.1, 0.15) is 11.4 Å². The molecule has 4 heteroatoms. The maximum Gasteiger partial charge on any atom is 0.117 e. The average molecular weight is 312 g/mol. The Morgan fingerprint density at radius 1 is 0.667 bits per heavy atom. The number of pyridine rings is 2. The van der Waals surface area contributed by atoms with E-state index >= 15 is 0 Å². The highest BCUT2D eigenvalue weighted by atomic mass is 14.9. The van der Waals surface area contributed by atoms with Gasteiger partial charge in [0.25, 0.3) is 0 Å². The first kappa shape index (κ1) is 14.5. The van der Waals surface area contributed by atoms with Gasteiger partial charge in [0.05, 0.1) is 22.4 Å². The van der Waals surface area contributed by atoms with E-state index in [0.29, 0.717) is 0 Å². The number of benzene rings is 1. The van der Waals surface area contributed by atoms with Crippen molar-refractivity contribution < 1.29 is 0 Å². The van der Waals surface area contributed by atoms with Crippen LogP contribution in [0, 0.1) is 13.8 Å². The lowest BCUT2D eigenvalue weighted by Gasteiger charge is -2.11. The molecule has 0 saturated heterocycles. The third-order valence-corrected chi connectivity index (χ3v) is 4.18. The summed E-state index contributed by atoms with van der Waals surface area (Å²) in [6.07, 6.45) is 3.54. The number of hydrogen-bond donors (Lipinski definition) is 0. The van der Waals surface area contributed by atoms with E-state index in [9.17, 15) is 0 Å². The molecule has 0 saturated carbocycles. The van der Waals surface area contributed by atoms with E-state index in [-0.39, 0.29) is 0 Å². The molecule has 0 unspecified atom stereocenters. The molecule has 0 aliphatic rings. The molecule has 3 heterocycles. The van der Waals surface area contributed by atoms with Crippen molar-refractivity contribution in [2.75, 3.05) is 0 Å². The molecule has 4 rings (SSSR count). The van der Waals surface area contributed by atoms with Crippen molar-refractivity contribution in [1.29, 1.82) is 0 Å². The highest BCUT2D eigenvalue weighted by Gasteiger charge is 2.16. The maximum absolute atomic E-state index is 4.92. The zero-order valence-electron chi connectivity index (χ0n) is 13.6. The summed E-state index contributed by atoms with van der Waals surface area (Å²) in [4.78, 5) is 18.7. The van der Waals surface area contributed by atoms with Crippen LogP contribution in [0.15, 0.2) is 60.9 Å². The summed E-state index contributed by atoms with van der Waals surface area (Å²) in [6, 6.07) is 15.7. The quantitative estimate of drug-likeness (QED) is 0.551. The summed E-state index contributed by atoms with van der Waals surface area (Å²) < 4.78 is 0. The lowest BCUT2D eigenvalue weighted by Crippen LogP contribution is -1.99. The molecule has 0 bridgehead atoms. The van der Waals surface area contributed by atoms with E-state index in [0.717, 1.165) is 39.4 Å². The number of aryl methyl sites for hydroxylation is 2. The topological polar surface area (TPSA) is 51.6 Å². The summed E-state index contributed by atoms with van der Waals surface area (Å²) in [5.74, 6) is 0. The molecule has 0 aliphatic carbocycles. The molecule has 0 aliphatic heterocycles. The normalized spacial score (nSPS) is 10.9. The largest absolute Gasteiger partial charge is 0.255 e. The Morgan fingerprint density at radius 3 is 1.88 bits per heavy atom. The van der Waals surface area contributed by atoms with Crippen molar-refractivity contribution in [3.63, 3.8) is 0 Å². The molecule has 0 spiro atoms. The fourth-order valence-corrected chi connectivity index (χ4v) is 2.72. The van der Waals surface area contributed by atoms with Crippen LogP contribution in [0.1, 0.15) is 11.1 Å². The van der Waals surface area contributed by atoms with Gasteiger partial charge < -0.3 is 0 Å². The van der Waals surface area contributed by atoms with Crippen LogP contribution in [-0.2, 0) is 0 Å². The van der Waals surface area contributed by atoms with Gasteiger partial charge in [-0.3, -0.25) is 9.97 Å². The van der Waals surface area contributed by atoms with Crippen molar-refractivity contribution >= 4 is 11.0 Å². The first-order chi connectivity index (χ1) is 11.7. The molecule has 1 aromatic carbocycles. The van der Waals surface area contributed by atoms with Crippen LogP contribution in [0.4, 0.5) is 0 Å². The molecule has 0 amide bonds. The lowest BCUT2D eigenvalue weighted by atomic mass is 10.1. The van der Waals surface area contributed by atoms with E-state index < -0.39 is 0 Å². The second-order valence-corrected chi connectivity index (χ2v) is 5.73. The van der Waals surface area contributed by atoms with Crippen LogP contribution >= 0.6 is 0 Å². The predicted molar refractivity (Wildman–Crippen MR) is 95.5 cm³/mol. The molecule has 116 valence electrons. The van der Waals surface area contributed by atoms with Gasteiger partial charge in [0.15, 0.2) is 0 Å². The summed E-state index contributed by atoms with van der Waals surface area (Å²) in [5, 5.41) is 0. The number of fused-ring (bicyclic) bond motifs is 1. The van der Waals surface area contributed by atoms with Gasteiger partial charge in [-0.2, -0.15) is 0 Å². The van der Waals surface area contributed by atoms with Gasteiger partial charge in [-0.05, 0) is 55.3 Å². The smallest absolute Gasteiger partial charge is 0.117 e. The van der Waals surface area contributed by atoms with Crippen molar-refractivity contribution in [2.45, 2.75) is 13.8 Å². The van der Waals surface area contributed by atoms with Crippen LogP contribution in [0.5, 0.6) is 0 Å². The minimum absolute atomic E-state index is 0.755. The van der Waals surface area contributed by atoms with Crippen molar-refractivity contribution in [1.82, 2.24) is 19.9 Å². The van der Waals surface area contributed by atoms with Gasteiger partial charge in [0.2, 0.25) is 0 Å². The molecule has 4 aromatic rings. The van der Waals surface area contributed by atoms with E-state index in [1.54, 1.807) is 12.4 Å². The highest BCUT2D eigenvalue weighted by molar-refractivity contribution is 5.86. The molecule has 3 aromatic heterocycles. The molecule has 0 atom stereocenters. The Morgan fingerprint density at radius 2 is 1.29 bits per heavy atom. The van der Waals surface area contributed by atoms with Gasteiger partial charge in [0, 0.05) is 12.4 Å². The van der Waals surface area contributed by atoms with Crippen LogP contribution in [0.25, 0.3) is 33.8 Å². The molecule has 0 fully saturated rings. The standard InChI is InChI=1S/C20H16N4/c1-13-9-10-17-18(14(13)2)24-20(16-8-4-6-12-22-16)19(23-17)15-7-3-5-11-21-15/h3-12H,1-2H3. The number of nitrogens with zero attached hydrogens (tertiary/aromatic N) is 4. The monoisotopic (exact) mass is 312 g/mol. The van der Waals surface area contributed by atoms with E-state index in [1.807, 2.05) is 42.5 Å². The zero-order chi connectivity index (χ0) is 16.5. The summed E-state index contributed by atoms with van der Waals surface area (Å²) in [5.41, 5.74) is 7.24. The van der Waals surface area contributed by atoms with Crippen LogP contribution < -0.4 is 0 Å². The molecule has 24 heavy (non-hydrogen) atoms. The van der Waals surface area contributed by atoms with Crippen LogP contribution in [-0.4, -0.2) is 19.9 Å². The van der Waals surface area contributed by atoms with E-state index in [4.69, 9.17) is 9.97 Å². The van der Waals surface area contributed by atoms with Gasteiger partial charge in [-0.25, -0.2) is 9.97 Å². The molecule has 0 N–H and O–H groups in total. The average Bonchev–Trinajstić information content (AvgIpc) is 2.65. The summed E-state index contributed by atoms with van der Waals surface area (Å²) in [6.45, 7) is 4.17. The fraction of sp³-hybridized carbons (Fsp3) is 0.100. The van der Waals surface area contributed by atoms with Crippen molar-refractivity contribution in [3.05, 3.63) is 72.1 Å². The molecule has 0 radical (unpaired) electrons. The zero-order valence-corrected chi connectivity index (χ0v) is 13.6. The molecular formula is C20H16N4. The van der Waals surface area contributed by atoms with Crippen molar-refractivity contribution in [2.24, 2.45) is 0 Å². The minimum Gasteiger partial charge on any atom is -0.255 e. The van der Waals surface area contributed by atoms with Gasteiger partial charge in [-0.15, -0.1) is 0 Å². The molecular weight excluding hydrogens is 296 g/mol. The first-order valence-electron chi connectivity index (χ1n) is 7.85. The van der Waals surface area contributed by atoms with Crippen LogP contribution in [0.3, 0.4) is 0 Å². The second kappa shape index (κ2) is 5.81. The van der Waals surface area contributed by atoms with Gasteiger partial charge >= 0.3 is 0 Å². The fourth-order valence-electron chi connectivity index (χ4n) is 2.72. The molecule has 4 nitrogen and oxygen atoms in total. The Balaban J connectivity index is 2.08. The Hall–Kier alpha value is -3.14. The highest BCUT2D eigenvalue weighted by Crippen LogP contribution is 2.30. The van der Waals surface area contributed by atoms with Crippen molar-refractivity contribution in [3.8, 4) is 22.8 Å². The Kier molecular flexibility index (Phi) is 3.50. The number of hydrogen-bond acceptors (Lipinski definition) is 4. The van der Waals surface area contributed by atoms with E-state index in [1.165, 1.54) is 5.56 Å². The third kappa shape index (κ3) is 2.42. The maximum atomic E-state index is 4.92. The third-order valence-electron chi connectivity index (χ3n) is 4.18. The Labute approximate surface area is 140 Å². The summed E-state index contributed by atoms with van der Waals surface area (Å²) >= 11 is 0. The van der Waals surface area contributed by atoms with E-state index in [2.05, 4.69) is 29.9 Å². The Bertz CT molecular complexity index is 1010. The number of rotatable bonds is 2. The first-order valence-corrected chi connectivity index (χ1v) is 7.85. The van der Waals surface area contributed by atoms with Crippen LogP contribution in [0.2, 0.25) is 0 Å². The predicted octanol–water partition coefficient (Wildman–Crippen LogP) is 4.37. The summed E-state index contributed by atoms with van der Waals surface area (Å²) in [7, 11) is 0. The minimum atomic E-state index is 0.755. The second-order valence-electron chi connectivity index (χ2n) is 5.73. The SMILES string of the molecule is Cc1ccc2nc(-c3ccccn3)c(-c3ccccn3)nc2c1C. The van der Waals surface area contributed by atoms with Gasteiger partial charge in [-0.1, -0.05) is 18.2 Å². The lowest BCUT2D eigenvalue weighted by molar-refractivity contribution is 1.19.